The summed E-state index contributed by atoms with van der Waals surface area (Å²) in [6.45, 7) is 7.15. The van der Waals surface area contributed by atoms with Crippen molar-refractivity contribution in [2.24, 2.45) is 5.92 Å². The van der Waals surface area contributed by atoms with Crippen molar-refractivity contribution in [2.75, 3.05) is 18.0 Å². The van der Waals surface area contributed by atoms with Gasteiger partial charge in [-0.3, -0.25) is 0 Å². The zero-order valence-electron chi connectivity index (χ0n) is 12.4. The zero-order valence-corrected chi connectivity index (χ0v) is 12.4. The van der Waals surface area contributed by atoms with Crippen LogP contribution in [0.2, 0.25) is 0 Å². The molecule has 0 radical (unpaired) electrons. The van der Waals surface area contributed by atoms with E-state index in [0.717, 1.165) is 6.42 Å². The predicted molar refractivity (Wildman–Crippen MR) is 82.8 cm³/mol. The Hall–Kier alpha value is -1.75. The van der Waals surface area contributed by atoms with E-state index in [-0.39, 0.29) is 5.56 Å². The summed E-state index contributed by atoms with van der Waals surface area (Å²) in [5.41, 5.74) is 13.3. The first-order valence-corrected chi connectivity index (χ1v) is 7.01. The van der Waals surface area contributed by atoms with Gasteiger partial charge in [0, 0.05) is 6.04 Å². The fourth-order valence-corrected chi connectivity index (χ4v) is 2.39. The number of carboxylic acid groups (broad SMARTS) is 1. The number of nitrogens with two attached hydrogens (primary N) is 2. The second-order valence-electron chi connectivity index (χ2n) is 5.36. The molecule has 0 aliphatic carbocycles. The molecule has 0 spiro atoms. The monoisotopic (exact) mass is 279 g/mol. The second kappa shape index (κ2) is 7.14. The molecule has 1 rings (SSSR count). The number of nitrogens with one attached hydrogen (secondary N) is 1. The van der Waals surface area contributed by atoms with Gasteiger partial charge in [-0.2, -0.15) is 0 Å². The van der Waals surface area contributed by atoms with Crippen molar-refractivity contribution in [2.45, 2.75) is 39.7 Å². The largest absolute Gasteiger partial charge is 0.478 e. The standard InChI is InChI=1S/C15H25N3O2/c1-4-13(9(2)3)18-8-7-10-11(15(19)20)5-6-12(16)14(10)17/h5-6,9,13,18H,4,7-8,16-17H2,1-3H3,(H,19,20). The van der Waals surface area contributed by atoms with Gasteiger partial charge in [0.25, 0.3) is 0 Å². The number of nitrogen functional groups attached to an aromatic ring is 2. The molecule has 1 aromatic rings. The van der Waals surface area contributed by atoms with Crippen molar-refractivity contribution in [3.63, 3.8) is 0 Å². The number of anilines is 2. The molecule has 112 valence electrons. The van der Waals surface area contributed by atoms with E-state index < -0.39 is 5.97 Å². The lowest BCUT2D eigenvalue weighted by atomic mass is 9.99. The minimum absolute atomic E-state index is 0.232. The van der Waals surface area contributed by atoms with Crippen LogP contribution in [-0.4, -0.2) is 23.7 Å². The summed E-state index contributed by atoms with van der Waals surface area (Å²) in [5, 5.41) is 12.6. The van der Waals surface area contributed by atoms with Gasteiger partial charge in [0.1, 0.15) is 0 Å². The van der Waals surface area contributed by atoms with Crippen LogP contribution in [0, 0.1) is 5.92 Å². The number of hydrogen-bond donors (Lipinski definition) is 4. The number of carbonyl (C=O) groups is 1. The lowest BCUT2D eigenvalue weighted by molar-refractivity contribution is 0.0696. The highest BCUT2D eigenvalue weighted by atomic mass is 16.4. The fraction of sp³-hybridized carbons (Fsp3) is 0.533. The van der Waals surface area contributed by atoms with Crippen LogP contribution in [0.3, 0.4) is 0 Å². The second-order valence-corrected chi connectivity index (χ2v) is 5.36. The van der Waals surface area contributed by atoms with E-state index in [1.165, 1.54) is 6.07 Å². The topological polar surface area (TPSA) is 101 Å². The number of hydrogen-bond acceptors (Lipinski definition) is 4. The quantitative estimate of drug-likeness (QED) is 0.573. The molecule has 0 amide bonds. The Balaban J connectivity index is 2.81. The van der Waals surface area contributed by atoms with Crippen LogP contribution in [0.25, 0.3) is 0 Å². The third kappa shape index (κ3) is 3.87. The third-order valence-electron chi connectivity index (χ3n) is 3.65. The fourth-order valence-electron chi connectivity index (χ4n) is 2.39. The molecule has 20 heavy (non-hydrogen) atoms. The molecule has 5 nitrogen and oxygen atoms in total. The number of aromatic carboxylic acids is 1. The van der Waals surface area contributed by atoms with Gasteiger partial charge in [0.05, 0.1) is 16.9 Å². The van der Waals surface area contributed by atoms with Gasteiger partial charge in [0.2, 0.25) is 0 Å². The van der Waals surface area contributed by atoms with Gasteiger partial charge in [0.15, 0.2) is 0 Å². The van der Waals surface area contributed by atoms with Gasteiger partial charge < -0.3 is 21.9 Å². The summed E-state index contributed by atoms with van der Waals surface area (Å²) in [6.07, 6.45) is 1.59. The van der Waals surface area contributed by atoms with Crippen molar-refractivity contribution >= 4 is 17.3 Å². The van der Waals surface area contributed by atoms with Crippen molar-refractivity contribution in [3.05, 3.63) is 23.3 Å². The van der Waals surface area contributed by atoms with Crippen LogP contribution in [0.4, 0.5) is 11.4 Å². The molecule has 0 aliphatic rings. The molecule has 0 aromatic heterocycles. The number of carboxylic acids is 1. The molecule has 1 aromatic carbocycles. The molecule has 6 N–H and O–H groups in total. The first-order valence-electron chi connectivity index (χ1n) is 7.01. The SMILES string of the molecule is CCC(NCCc1c(C(=O)O)ccc(N)c1N)C(C)C. The summed E-state index contributed by atoms with van der Waals surface area (Å²) >= 11 is 0. The molecule has 0 fully saturated rings. The van der Waals surface area contributed by atoms with Crippen LogP contribution in [0.1, 0.15) is 43.1 Å². The molecule has 0 saturated carbocycles. The summed E-state index contributed by atoms with van der Waals surface area (Å²) < 4.78 is 0. The van der Waals surface area contributed by atoms with E-state index in [0.29, 0.717) is 41.9 Å². The lowest BCUT2D eigenvalue weighted by Gasteiger charge is -2.21. The molecule has 0 heterocycles. The average molecular weight is 279 g/mol. The minimum Gasteiger partial charge on any atom is -0.478 e. The molecular formula is C15H25N3O2. The maximum Gasteiger partial charge on any atom is 0.336 e. The first-order chi connectivity index (χ1) is 9.38. The summed E-state index contributed by atoms with van der Waals surface area (Å²) in [4.78, 5) is 11.2. The lowest BCUT2D eigenvalue weighted by Crippen LogP contribution is -2.34. The minimum atomic E-state index is -0.970. The van der Waals surface area contributed by atoms with Crippen molar-refractivity contribution in [1.82, 2.24) is 5.32 Å². The van der Waals surface area contributed by atoms with Crippen molar-refractivity contribution in [1.29, 1.82) is 0 Å². The van der Waals surface area contributed by atoms with E-state index in [1.54, 1.807) is 6.07 Å². The predicted octanol–water partition coefficient (Wildman–Crippen LogP) is 2.12. The van der Waals surface area contributed by atoms with Crippen LogP contribution in [-0.2, 0) is 6.42 Å². The van der Waals surface area contributed by atoms with Gasteiger partial charge in [-0.1, -0.05) is 20.8 Å². The van der Waals surface area contributed by atoms with E-state index in [9.17, 15) is 9.90 Å². The zero-order chi connectivity index (χ0) is 15.3. The summed E-state index contributed by atoms with van der Waals surface area (Å²) in [7, 11) is 0. The normalized spacial score (nSPS) is 12.6. The Morgan fingerprint density at radius 3 is 2.50 bits per heavy atom. The van der Waals surface area contributed by atoms with Gasteiger partial charge >= 0.3 is 5.97 Å². The van der Waals surface area contributed by atoms with Crippen LogP contribution < -0.4 is 16.8 Å². The highest BCUT2D eigenvalue weighted by Crippen LogP contribution is 2.24. The maximum absolute atomic E-state index is 11.2. The molecule has 1 atom stereocenters. The highest BCUT2D eigenvalue weighted by Gasteiger charge is 2.16. The molecule has 1 unspecified atom stereocenters. The van der Waals surface area contributed by atoms with E-state index in [2.05, 4.69) is 26.1 Å². The van der Waals surface area contributed by atoms with E-state index in [4.69, 9.17) is 11.5 Å². The van der Waals surface area contributed by atoms with E-state index >= 15 is 0 Å². The summed E-state index contributed by atoms with van der Waals surface area (Å²) in [6, 6.07) is 3.48. The molecule has 0 bridgehead atoms. The van der Waals surface area contributed by atoms with Crippen molar-refractivity contribution in [3.8, 4) is 0 Å². The van der Waals surface area contributed by atoms with Crippen LogP contribution in [0.5, 0.6) is 0 Å². The Labute approximate surface area is 120 Å². The Bertz CT molecular complexity index is 472. The summed E-state index contributed by atoms with van der Waals surface area (Å²) in [5.74, 6) is -0.431. The number of rotatable bonds is 7. The Morgan fingerprint density at radius 2 is 2.00 bits per heavy atom. The molecular weight excluding hydrogens is 254 g/mol. The highest BCUT2D eigenvalue weighted by molar-refractivity contribution is 5.93. The maximum atomic E-state index is 11.2. The van der Waals surface area contributed by atoms with Crippen LogP contribution in [0.15, 0.2) is 12.1 Å². The molecule has 0 saturated heterocycles. The Morgan fingerprint density at radius 1 is 1.35 bits per heavy atom. The number of benzene rings is 1. The first kappa shape index (κ1) is 16.3. The van der Waals surface area contributed by atoms with Gasteiger partial charge in [-0.25, -0.2) is 4.79 Å². The van der Waals surface area contributed by atoms with E-state index in [1.807, 2.05) is 0 Å². The van der Waals surface area contributed by atoms with Gasteiger partial charge in [-0.15, -0.1) is 0 Å². The Kier molecular flexibility index (Phi) is 5.82. The molecule has 5 heteroatoms. The van der Waals surface area contributed by atoms with Gasteiger partial charge in [-0.05, 0) is 43.0 Å². The van der Waals surface area contributed by atoms with Crippen LogP contribution >= 0.6 is 0 Å². The smallest absolute Gasteiger partial charge is 0.336 e. The third-order valence-corrected chi connectivity index (χ3v) is 3.65. The average Bonchev–Trinajstić information content (AvgIpc) is 2.38. The molecule has 0 aliphatic heterocycles. The van der Waals surface area contributed by atoms with Crippen molar-refractivity contribution < 1.29 is 9.90 Å².